The highest BCUT2D eigenvalue weighted by atomic mass is 32.2. The molecule has 2 aliphatic heterocycles. The fourth-order valence-corrected chi connectivity index (χ4v) is 4.57. The number of aliphatic carboxylic acids is 1. The van der Waals surface area contributed by atoms with Crippen molar-refractivity contribution in [3.63, 3.8) is 0 Å². The Kier molecular flexibility index (Phi) is 3.47. The first kappa shape index (κ1) is 15.6. The van der Waals surface area contributed by atoms with Gasteiger partial charge in [-0.15, -0.1) is 11.8 Å². The average Bonchev–Trinajstić information content (AvgIpc) is 3.08. The summed E-state index contributed by atoms with van der Waals surface area (Å²) in [6, 6.07) is 1.22. The van der Waals surface area contributed by atoms with E-state index in [-0.39, 0.29) is 5.69 Å². The van der Waals surface area contributed by atoms with E-state index in [0.717, 1.165) is 0 Å². The fourth-order valence-electron chi connectivity index (χ4n) is 2.95. The van der Waals surface area contributed by atoms with Crippen LogP contribution in [-0.2, 0) is 14.4 Å². The Labute approximate surface area is 135 Å². The second-order valence-corrected chi connectivity index (χ2v) is 7.73. The summed E-state index contributed by atoms with van der Waals surface area (Å²) in [6.07, 6.45) is 1.52. The molecule has 1 aromatic heterocycles. The zero-order valence-electron chi connectivity index (χ0n) is 12.4. The molecule has 122 valence electrons. The van der Waals surface area contributed by atoms with Gasteiger partial charge in [0.1, 0.15) is 17.5 Å². The van der Waals surface area contributed by atoms with Crippen LogP contribution in [0, 0.1) is 0 Å². The van der Waals surface area contributed by atoms with Crippen molar-refractivity contribution in [2.75, 3.05) is 0 Å². The number of amides is 2. The zero-order chi connectivity index (χ0) is 16.9. The fraction of sp³-hybridized carbons (Fsp3) is 0.429. The third-order valence-corrected chi connectivity index (χ3v) is 5.58. The number of Topliss-reactive ketones (excluding diaryl/α,β-unsaturated/α-hetero) is 1. The van der Waals surface area contributed by atoms with Crippen molar-refractivity contribution in [3.05, 3.63) is 24.0 Å². The summed E-state index contributed by atoms with van der Waals surface area (Å²) in [5.41, 5.74) is 0.133. The molecule has 0 saturated carbocycles. The minimum absolute atomic E-state index is 0.133. The smallest absolute Gasteiger partial charge is 0.327 e. The molecule has 0 spiro atoms. The number of rotatable bonds is 4. The number of H-pyrrole nitrogens is 1. The molecule has 3 atom stereocenters. The van der Waals surface area contributed by atoms with Gasteiger partial charge in [-0.05, 0) is 26.0 Å². The molecule has 3 rings (SSSR count). The lowest BCUT2D eigenvalue weighted by Crippen LogP contribution is -2.71. The quantitative estimate of drug-likeness (QED) is 0.399. The molecule has 0 unspecified atom stereocenters. The number of hydrogen-bond acceptors (Lipinski definition) is 5. The monoisotopic (exact) mass is 337 g/mol. The van der Waals surface area contributed by atoms with Gasteiger partial charge in [0.25, 0.3) is 11.7 Å². The highest BCUT2D eigenvalue weighted by Crippen LogP contribution is 2.50. The maximum absolute atomic E-state index is 12.2. The number of fused-ring (bicyclic) bond motifs is 1. The summed E-state index contributed by atoms with van der Waals surface area (Å²) in [5, 5.41) is 11.3. The molecule has 3 N–H and O–H groups in total. The topological polar surface area (TPSA) is 120 Å². The van der Waals surface area contributed by atoms with Crippen LogP contribution < -0.4 is 5.32 Å². The summed E-state index contributed by atoms with van der Waals surface area (Å²) in [6.45, 7) is 3.48. The first-order chi connectivity index (χ1) is 10.7. The second-order valence-electron chi connectivity index (χ2n) is 5.96. The largest absolute Gasteiger partial charge is 0.480 e. The molecule has 2 amide bonds. The van der Waals surface area contributed by atoms with Gasteiger partial charge in [-0.25, -0.2) is 4.79 Å². The van der Waals surface area contributed by atoms with Crippen LogP contribution in [0.25, 0.3) is 0 Å². The first-order valence-electron chi connectivity index (χ1n) is 6.95. The maximum atomic E-state index is 12.2. The Balaban J connectivity index is 1.72. The van der Waals surface area contributed by atoms with Gasteiger partial charge in [0, 0.05) is 10.9 Å². The highest BCUT2D eigenvalue weighted by molar-refractivity contribution is 8.01. The normalized spacial score (nSPS) is 28.0. The molecular formula is C14H15N3O5S. The number of hydrogen-bond donors (Lipinski definition) is 3. The molecule has 2 aliphatic rings. The highest BCUT2D eigenvalue weighted by Gasteiger charge is 2.64. The Hall–Kier alpha value is -2.29. The van der Waals surface area contributed by atoms with E-state index in [1.807, 2.05) is 0 Å². The standard InChI is InChI=1S/C14H15N3O5S/c1-14(2)9(13(21)22)17-11(20)7(12(17)23-14)16-10(19)8(18)6-4-3-5-15-6/h3-5,7,9,12,15H,1-2H3,(H,16,19)(H,21,22)/t7-,9+,12-/m1/s1. The maximum Gasteiger partial charge on any atom is 0.327 e. The number of aromatic amines is 1. The van der Waals surface area contributed by atoms with Crippen LogP contribution >= 0.6 is 11.8 Å². The SMILES string of the molecule is CC1(C)S[C@@H]2[C@H](NC(=O)C(=O)c3ccc[nH]3)C(=O)N2[C@H]1C(=O)O. The third kappa shape index (κ3) is 2.31. The first-order valence-corrected chi connectivity index (χ1v) is 7.83. The Morgan fingerprint density at radius 3 is 2.65 bits per heavy atom. The summed E-state index contributed by atoms with van der Waals surface area (Å²) in [5.74, 6) is -3.21. The van der Waals surface area contributed by atoms with Crippen molar-refractivity contribution in [2.24, 2.45) is 0 Å². The lowest BCUT2D eigenvalue weighted by atomic mass is 9.96. The van der Waals surface area contributed by atoms with Crippen LogP contribution in [-0.4, -0.2) is 60.8 Å². The molecule has 2 saturated heterocycles. The van der Waals surface area contributed by atoms with Crippen molar-refractivity contribution < 1.29 is 24.3 Å². The molecule has 2 fully saturated rings. The van der Waals surface area contributed by atoms with Gasteiger partial charge < -0.3 is 20.3 Å². The van der Waals surface area contributed by atoms with Crippen LogP contribution in [0.3, 0.4) is 0 Å². The van der Waals surface area contributed by atoms with Gasteiger partial charge in [0.15, 0.2) is 0 Å². The van der Waals surface area contributed by atoms with Gasteiger partial charge in [-0.1, -0.05) is 0 Å². The molecule has 0 aliphatic carbocycles. The number of carbonyl (C=O) groups is 4. The number of aromatic nitrogens is 1. The van der Waals surface area contributed by atoms with Gasteiger partial charge >= 0.3 is 5.97 Å². The number of thioether (sulfide) groups is 1. The van der Waals surface area contributed by atoms with E-state index in [4.69, 9.17) is 0 Å². The summed E-state index contributed by atoms with van der Waals surface area (Å²) >= 11 is 1.31. The molecule has 3 heterocycles. The van der Waals surface area contributed by atoms with E-state index in [9.17, 15) is 24.3 Å². The van der Waals surface area contributed by atoms with E-state index >= 15 is 0 Å². The molecular weight excluding hydrogens is 322 g/mol. The molecule has 8 nitrogen and oxygen atoms in total. The Morgan fingerprint density at radius 2 is 2.09 bits per heavy atom. The van der Waals surface area contributed by atoms with E-state index in [1.54, 1.807) is 19.9 Å². The van der Waals surface area contributed by atoms with Crippen LogP contribution in [0.5, 0.6) is 0 Å². The summed E-state index contributed by atoms with van der Waals surface area (Å²) in [7, 11) is 0. The molecule has 0 aromatic carbocycles. The van der Waals surface area contributed by atoms with E-state index < -0.39 is 45.8 Å². The number of carbonyl (C=O) groups excluding carboxylic acids is 3. The lowest BCUT2D eigenvalue weighted by molar-refractivity contribution is -0.160. The lowest BCUT2D eigenvalue weighted by Gasteiger charge is -2.43. The van der Waals surface area contributed by atoms with Crippen LogP contribution in [0.1, 0.15) is 24.3 Å². The summed E-state index contributed by atoms with van der Waals surface area (Å²) in [4.78, 5) is 51.4. The number of β-lactam (4-membered cyclic amide) rings is 1. The van der Waals surface area contributed by atoms with Crippen LogP contribution in [0.2, 0.25) is 0 Å². The summed E-state index contributed by atoms with van der Waals surface area (Å²) < 4.78 is -0.672. The predicted octanol–water partition coefficient (Wildman–Crippen LogP) is -0.171. The second kappa shape index (κ2) is 5.12. The van der Waals surface area contributed by atoms with E-state index in [2.05, 4.69) is 10.3 Å². The van der Waals surface area contributed by atoms with Gasteiger partial charge in [-0.2, -0.15) is 0 Å². The average molecular weight is 337 g/mol. The number of carboxylic acid groups (broad SMARTS) is 1. The van der Waals surface area contributed by atoms with Crippen LogP contribution in [0.15, 0.2) is 18.3 Å². The van der Waals surface area contributed by atoms with Crippen molar-refractivity contribution in [1.82, 2.24) is 15.2 Å². The molecule has 1 aromatic rings. The minimum Gasteiger partial charge on any atom is -0.480 e. The van der Waals surface area contributed by atoms with Crippen molar-refractivity contribution in [2.45, 2.75) is 36.1 Å². The number of nitrogens with zero attached hydrogens (tertiary/aromatic N) is 1. The number of ketones is 1. The predicted molar refractivity (Wildman–Crippen MR) is 80.8 cm³/mol. The molecule has 9 heteroatoms. The third-order valence-electron chi connectivity index (χ3n) is 4.01. The van der Waals surface area contributed by atoms with Gasteiger partial charge in [0.05, 0.1) is 5.69 Å². The van der Waals surface area contributed by atoms with Crippen molar-refractivity contribution >= 4 is 35.3 Å². The van der Waals surface area contributed by atoms with E-state index in [0.29, 0.717) is 0 Å². The number of nitrogens with one attached hydrogen (secondary N) is 2. The Bertz CT molecular complexity index is 699. The minimum atomic E-state index is -1.08. The molecule has 0 bridgehead atoms. The van der Waals surface area contributed by atoms with Crippen LogP contribution in [0.4, 0.5) is 0 Å². The molecule has 0 radical (unpaired) electrons. The molecule has 23 heavy (non-hydrogen) atoms. The van der Waals surface area contributed by atoms with Gasteiger partial charge in [-0.3, -0.25) is 14.4 Å². The van der Waals surface area contributed by atoms with Crippen molar-refractivity contribution in [3.8, 4) is 0 Å². The van der Waals surface area contributed by atoms with Gasteiger partial charge in [0.2, 0.25) is 5.91 Å². The number of carboxylic acids is 1. The Morgan fingerprint density at radius 1 is 1.39 bits per heavy atom. The zero-order valence-corrected chi connectivity index (χ0v) is 13.2. The van der Waals surface area contributed by atoms with E-state index in [1.165, 1.54) is 28.9 Å². The van der Waals surface area contributed by atoms with Crippen molar-refractivity contribution in [1.29, 1.82) is 0 Å².